The summed E-state index contributed by atoms with van der Waals surface area (Å²) >= 11 is 1.83. The van der Waals surface area contributed by atoms with E-state index < -0.39 is 0 Å². The Morgan fingerprint density at radius 2 is 2.00 bits per heavy atom. The zero-order valence-corrected chi connectivity index (χ0v) is 11.9. The smallest absolute Gasteiger partial charge is 0.226 e. The van der Waals surface area contributed by atoms with E-state index in [-0.39, 0.29) is 11.3 Å². The maximum absolute atomic E-state index is 11.6. The third-order valence-corrected chi connectivity index (χ3v) is 4.00. The van der Waals surface area contributed by atoms with Gasteiger partial charge in [0.05, 0.1) is 5.41 Å². The van der Waals surface area contributed by atoms with Crippen molar-refractivity contribution in [2.75, 3.05) is 13.6 Å². The minimum atomic E-state index is -0.362. The second-order valence-electron chi connectivity index (χ2n) is 4.79. The van der Waals surface area contributed by atoms with Crippen LogP contribution in [0.15, 0.2) is 12.1 Å². The lowest BCUT2D eigenvalue weighted by Crippen LogP contribution is -2.41. The summed E-state index contributed by atoms with van der Waals surface area (Å²) in [5.74, 6) is 0.0745. The summed E-state index contributed by atoms with van der Waals surface area (Å²) in [4.78, 5) is 14.3. The molecule has 4 heteroatoms. The van der Waals surface area contributed by atoms with E-state index in [9.17, 15) is 4.79 Å². The van der Waals surface area contributed by atoms with E-state index >= 15 is 0 Å². The Kier molecular flexibility index (Phi) is 5.15. The summed E-state index contributed by atoms with van der Waals surface area (Å²) in [7, 11) is 1.68. The van der Waals surface area contributed by atoms with Crippen LogP contribution in [0.2, 0.25) is 0 Å². The second kappa shape index (κ2) is 6.17. The Balaban J connectivity index is 2.39. The van der Waals surface area contributed by atoms with Crippen LogP contribution in [-0.4, -0.2) is 19.5 Å². The Hall–Kier alpha value is -0.870. The van der Waals surface area contributed by atoms with Gasteiger partial charge in [-0.1, -0.05) is 6.92 Å². The van der Waals surface area contributed by atoms with Crippen LogP contribution in [0, 0.1) is 5.41 Å². The second-order valence-corrected chi connectivity index (χ2v) is 6.04. The van der Waals surface area contributed by atoms with Gasteiger partial charge in [-0.25, -0.2) is 0 Å². The van der Waals surface area contributed by atoms with Crippen molar-refractivity contribution in [3.63, 3.8) is 0 Å². The normalized spacial score (nSPS) is 11.5. The average molecular weight is 254 g/mol. The number of rotatable bonds is 6. The van der Waals surface area contributed by atoms with Crippen LogP contribution in [0.25, 0.3) is 0 Å². The number of carbonyl (C=O) groups excluding carboxylic acids is 1. The van der Waals surface area contributed by atoms with Gasteiger partial charge < -0.3 is 10.6 Å². The van der Waals surface area contributed by atoms with E-state index in [1.54, 1.807) is 7.05 Å². The minimum absolute atomic E-state index is 0.0745. The van der Waals surface area contributed by atoms with Crippen LogP contribution >= 0.6 is 11.3 Å². The molecule has 0 aliphatic heterocycles. The summed E-state index contributed by atoms with van der Waals surface area (Å²) in [6.07, 6.45) is 1.09. The lowest BCUT2D eigenvalue weighted by atomic mass is 9.92. The number of thiophene rings is 1. The van der Waals surface area contributed by atoms with Gasteiger partial charge >= 0.3 is 0 Å². The highest BCUT2D eigenvalue weighted by Crippen LogP contribution is 2.18. The van der Waals surface area contributed by atoms with E-state index in [1.807, 2.05) is 25.2 Å². The van der Waals surface area contributed by atoms with Gasteiger partial charge in [0.15, 0.2) is 0 Å². The molecule has 1 amide bonds. The highest BCUT2D eigenvalue weighted by Gasteiger charge is 2.25. The quantitative estimate of drug-likeness (QED) is 0.817. The predicted octanol–water partition coefficient (Wildman–Crippen LogP) is 2.17. The maximum atomic E-state index is 11.6. The summed E-state index contributed by atoms with van der Waals surface area (Å²) in [6.45, 7) is 7.59. The minimum Gasteiger partial charge on any atom is -0.359 e. The van der Waals surface area contributed by atoms with E-state index in [0.29, 0.717) is 6.54 Å². The molecule has 0 aromatic carbocycles. The van der Waals surface area contributed by atoms with Gasteiger partial charge in [0.1, 0.15) is 0 Å². The van der Waals surface area contributed by atoms with Gasteiger partial charge in [-0.3, -0.25) is 4.79 Å². The van der Waals surface area contributed by atoms with Gasteiger partial charge in [-0.05, 0) is 32.4 Å². The first-order chi connectivity index (χ1) is 7.99. The van der Waals surface area contributed by atoms with Gasteiger partial charge in [0.25, 0.3) is 0 Å². The lowest BCUT2D eigenvalue weighted by molar-refractivity contribution is -0.128. The number of carbonyl (C=O) groups is 1. The number of aryl methyl sites for hydroxylation is 1. The van der Waals surface area contributed by atoms with Crippen LogP contribution in [0.1, 0.15) is 30.5 Å². The molecule has 1 aromatic heterocycles. The molecule has 1 heterocycles. The van der Waals surface area contributed by atoms with Crippen molar-refractivity contribution >= 4 is 17.2 Å². The molecule has 17 heavy (non-hydrogen) atoms. The zero-order chi connectivity index (χ0) is 12.9. The largest absolute Gasteiger partial charge is 0.359 e. The van der Waals surface area contributed by atoms with Gasteiger partial charge in [0, 0.05) is 29.9 Å². The molecule has 0 radical (unpaired) electrons. The summed E-state index contributed by atoms with van der Waals surface area (Å²) in [5, 5.41) is 6.04. The van der Waals surface area contributed by atoms with Crippen molar-refractivity contribution in [2.45, 2.75) is 33.7 Å². The molecule has 96 valence electrons. The van der Waals surface area contributed by atoms with Crippen molar-refractivity contribution in [3.05, 3.63) is 21.9 Å². The topological polar surface area (TPSA) is 41.1 Å². The van der Waals surface area contributed by atoms with Crippen molar-refractivity contribution < 1.29 is 4.79 Å². The molecule has 0 fully saturated rings. The van der Waals surface area contributed by atoms with E-state index in [1.165, 1.54) is 9.75 Å². The highest BCUT2D eigenvalue weighted by molar-refractivity contribution is 7.11. The van der Waals surface area contributed by atoms with Crippen molar-refractivity contribution in [1.29, 1.82) is 0 Å². The third-order valence-electron chi connectivity index (χ3n) is 2.77. The number of nitrogens with one attached hydrogen (secondary N) is 2. The molecule has 0 saturated carbocycles. The first-order valence-corrected chi connectivity index (χ1v) is 6.81. The van der Waals surface area contributed by atoms with Crippen LogP contribution < -0.4 is 10.6 Å². The SMILES string of the molecule is CCc1ccc(CNCC(C)(C)C(=O)NC)s1. The zero-order valence-electron chi connectivity index (χ0n) is 11.1. The molecule has 0 bridgehead atoms. The maximum Gasteiger partial charge on any atom is 0.226 e. The van der Waals surface area contributed by atoms with Crippen molar-refractivity contribution in [3.8, 4) is 0 Å². The summed E-state index contributed by atoms with van der Waals surface area (Å²) < 4.78 is 0. The van der Waals surface area contributed by atoms with Crippen LogP contribution in [-0.2, 0) is 17.8 Å². The fraction of sp³-hybridized carbons (Fsp3) is 0.615. The Morgan fingerprint density at radius 3 is 2.53 bits per heavy atom. The number of amides is 1. The van der Waals surface area contributed by atoms with Crippen molar-refractivity contribution in [1.82, 2.24) is 10.6 Å². The standard InChI is InChI=1S/C13H22N2OS/c1-5-10-6-7-11(17-10)8-15-9-13(2,3)12(16)14-4/h6-7,15H,5,8-9H2,1-4H3,(H,14,16). The van der Waals surface area contributed by atoms with E-state index in [2.05, 4.69) is 29.7 Å². The van der Waals surface area contributed by atoms with Gasteiger partial charge in [0.2, 0.25) is 5.91 Å². The molecular formula is C13H22N2OS. The van der Waals surface area contributed by atoms with Crippen molar-refractivity contribution in [2.24, 2.45) is 5.41 Å². The Bertz CT molecular complexity index is 371. The first kappa shape index (κ1) is 14.2. The van der Waals surface area contributed by atoms with E-state index in [0.717, 1.165) is 13.0 Å². The van der Waals surface area contributed by atoms with Crippen LogP contribution in [0.5, 0.6) is 0 Å². The van der Waals surface area contributed by atoms with Crippen LogP contribution in [0.3, 0.4) is 0 Å². The highest BCUT2D eigenvalue weighted by atomic mass is 32.1. The molecule has 0 unspecified atom stereocenters. The Morgan fingerprint density at radius 1 is 1.35 bits per heavy atom. The summed E-state index contributed by atoms with van der Waals surface area (Å²) in [5.41, 5.74) is -0.362. The Labute approximate surface area is 108 Å². The first-order valence-electron chi connectivity index (χ1n) is 6.00. The fourth-order valence-electron chi connectivity index (χ4n) is 1.62. The lowest BCUT2D eigenvalue weighted by Gasteiger charge is -2.22. The average Bonchev–Trinajstić information content (AvgIpc) is 2.75. The monoisotopic (exact) mass is 254 g/mol. The molecule has 1 rings (SSSR count). The molecule has 1 aromatic rings. The molecule has 0 spiro atoms. The molecule has 0 aliphatic rings. The van der Waals surface area contributed by atoms with E-state index in [4.69, 9.17) is 0 Å². The third kappa shape index (κ3) is 4.13. The van der Waals surface area contributed by atoms with Gasteiger partial charge in [-0.15, -0.1) is 11.3 Å². The van der Waals surface area contributed by atoms with Crippen LogP contribution in [0.4, 0.5) is 0 Å². The molecule has 0 saturated heterocycles. The predicted molar refractivity (Wildman–Crippen MR) is 73.3 cm³/mol. The molecule has 2 N–H and O–H groups in total. The van der Waals surface area contributed by atoms with Gasteiger partial charge in [-0.2, -0.15) is 0 Å². The molecule has 0 aliphatic carbocycles. The molecule has 0 atom stereocenters. The molecule has 3 nitrogen and oxygen atoms in total. The number of hydrogen-bond acceptors (Lipinski definition) is 3. The molecular weight excluding hydrogens is 232 g/mol. The summed E-state index contributed by atoms with van der Waals surface area (Å²) in [6, 6.07) is 4.33. The number of hydrogen-bond donors (Lipinski definition) is 2. The fourth-order valence-corrected chi connectivity index (χ4v) is 2.55.